The fourth-order valence-corrected chi connectivity index (χ4v) is 2.04. The lowest BCUT2D eigenvalue weighted by molar-refractivity contribution is -0.115. The van der Waals surface area contributed by atoms with E-state index < -0.39 is 0 Å². The average Bonchev–Trinajstić information content (AvgIpc) is 2.75. The van der Waals surface area contributed by atoms with E-state index in [0.717, 1.165) is 0 Å². The normalized spacial score (nSPS) is 10.2. The molecule has 2 aromatic rings. The molecule has 1 amide bonds. The van der Waals surface area contributed by atoms with Crippen LogP contribution in [0.2, 0.25) is 5.02 Å². The number of nitrogens with zero attached hydrogens (tertiary/aromatic N) is 2. The number of H-pyrrole nitrogens is 1. The Morgan fingerprint density at radius 3 is 2.85 bits per heavy atom. The molecule has 7 heteroatoms. The van der Waals surface area contributed by atoms with Crippen molar-refractivity contribution in [3.63, 3.8) is 0 Å². The Hall–Kier alpha value is -1.92. The highest BCUT2D eigenvalue weighted by Crippen LogP contribution is 2.13. The molecule has 20 heavy (non-hydrogen) atoms. The second kappa shape index (κ2) is 6.49. The lowest BCUT2D eigenvalue weighted by atomic mass is 10.3. The molecular formula is C13H13ClN4OS. The van der Waals surface area contributed by atoms with Crippen LogP contribution >= 0.6 is 23.8 Å². The van der Waals surface area contributed by atoms with Crippen LogP contribution in [-0.4, -0.2) is 20.7 Å². The van der Waals surface area contributed by atoms with Crippen LogP contribution in [0.4, 0.5) is 5.69 Å². The third kappa shape index (κ3) is 3.55. The third-order valence-corrected chi connectivity index (χ3v) is 3.16. The zero-order chi connectivity index (χ0) is 14.5. The minimum atomic E-state index is -0.174. The predicted molar refractivity (Wildman–Crippen MR) is 81.4 cm³/mol. The quantitative estimate of drug-likeness (QED) is 0.659. The molecule has 0 aliphatic carbocycles. The summed E-state index contributed by atoms with van der Waals surface area (Å²) in [6, 6.07) is 6.90. The molecule has 1 aromatic carbocycles. The Morgan fingerprint density at radius 1 is 1.50 bits per heavy atom. The molecule has 0 fully saturated rings. The Kier molecular flexibility index (Phi) is 4.70. The summed E-state index contributed by atoms with van der Waals surface area (Å²) < 4.78 is 2.20. The summed E-state index contributed by atoms with van der Waals surface area (Å²) in [5.41, 5.74) is 0.684. The van der Waals surface area contributed by atoms with E-state index in [4.69, 9.17) is 23.8 Å². The zero-order valence-electron chi connectivity index (χ0n) is 10.6. The van der Waals surface area contributed by atoms with Crippen LogP contribution in [0.15, 0.2) is 36.9 Å². The van der Waals surface area contributed by atoms with Crippen molar-refractivity contribution in [3.8, 4) is 0 Å². The van der Waals surface area contributed by atoms with Crippen LogP contribution in [0.25, 0.3) is 0 Å². The second-order valence-corrected chi connectivity index (χ2v) is 4.90. The number of hydrogen-bond acceptors (Lipinski definition) is 3. The number of benzene rings is 1. The first kappa shape index (κ1) is 14.5. The number of amides is 1. The molecule has 0 unspecified atom stereocenters. The molecule has 104 valence electrons. The third-order valence-electron chi connectivity index (χ3n) is 2.60. The van der Waals surface area contributed by atoms with E-state index in [1.807, 2.05) is 0 Å². The van der Waals surface area contributed by atoms with E-state index >= 15 is 0 Å². The highest BCUT2D eigenvalue weighted by atomic mass is 35.5. The summed E-state index contributed by atoms with van der Waals surface area (Å²) in [6.45, 7) is 4.16. The molecule has 0 radical (unpaired) electrons. The highest BCUT2D eigenvalue weighted by molar-refractivity contribution is 7.71. The molecule has 0 spiro atoms. The lowest BCUT2D eigenvalue weighted by Crippen LogP contribution is -2.17. The minimum absolute atomic E-state index is 0.129. The summed E-state index contributed by atoms with van der Waals surface area (Å²) in [5.74, 6) is 0.396. The van der Waals surface area contributed by atoms with Crippen molar-refractivity contribution in [2.24, 2.45) is 0 Å². The molecule has 2 rings (SSSR count). The average molecular weight is 309 g/mol. The van der Waals surface area contributed by atoms with Gasteiger partial charge in [-0.2, -0.15) is 5.10 Å². The number of anilines is 1. The minimum Gasteiger partial charge on any atom is -0.326 e. The fourth-order valence-electron chi connectivity index (χ4n) is 1.68. The van der Waals surface area contributed by atoms with Gasteiger partial charge in [0.2, 0.25) is 5.91 Å². The highest BCUT2D eigenvalue weighted by Gasteiger charge is 2.10. The number of aromatic amines is 1. The van der Waals surface area contributed by atoms with Gasteiger partial charge in [0.15, 0.2) is 4.77 Å². The SMILES string of the molecule is C=CCn1c(CC(=O)Nc2ccc(Cl)cc2)n[nH]c1=S. The van der Waals surface area contributed by atoms with E-state index in [0.29, 0.717) is 27.9 Å². The molecule has 1 aromatic heterocycles. The van der Waals surface area contributed by atoms with Crippen LogP contribution in [0.1, 0.15) is 5.82 Å². The maximum absolute atomic E-state index is 12.0. The number of hydrogen-bond donors (Lipinski definition) is 2. The van der Waals surface area contributed by atoms with E-state index in [1.54, 1.807) is 34.9 Å². The van der Waals surface area contributed by atoms with Crippen LogP contribution in [0, 0.1) is 4.77 Å². The topological polar surface area (TPSA) is 62.7 Å². The van der Waals surface area contributed by atoms with E-state index in [9.17, 15) is 4.79 Å². The van der Waals surface area contributed by atoms with Gasteiger partial charge in [0.05, 0.1) is 6.42 Å². The maximum atomic E-state index is 12.0. The summed E-state index contributed by atoms with van der Waals surface area (Å²) in [6.07, 6.45) is 1.83. The molecule has 0 bridgehead atoms. The smallest absolute Gasteiger partial charge is 0.232 e. The summed E-state index contributed by atoms with van der Waals surface area (Å²) in [7, 11) is 0. The second-order valence-electron chi connectivity index (χ2n) is 4.08. The number of halogens is 1. The van der Waals surface area contributed by atoms with E-state index in [1.165, 1.54) is 0 Å². The largest absolute Gasteiger partial charge is 0.326 e. The fraction of sp³-hybridized carbons (Fsp3) is 0.154. The molecule has 2 N–H and O–H groups in total. The van der Waals surface area contributed by atoms with Gasteiger partial charge < -0.3 is 5.32 Å². The van der Waals surface area contributed by atoms with Gasteiger partial charge in [-0.05, 0) is 36.5 Å². The molecule has 5 nitrogen and oxygen atoms in total. The summed E-state index contributed by atoms with van der Waals surface area (Å²) in [5, 5.41) is 10.1. The van der Waals surface area contributed by atoms with Gasteiger partial charge in [0, 0.05) is 17.3 Å². The monoisotopic (exact) mass is 308 g/mol. The van der Waals surface area contributed by atoms with Crippen molar-refractivity contribution < 1.29 is 4.79 Å². The van der Waals surface area contributed by atoms with Crippen molar-refractivity contribution in [1.29, 1.82) is 0 Å². The van der Waals surface area contributed by atoms with E-state index in [2.05, 4.69) is 22.1 Å². The molecule has 1 heterocycles. The number of carbonyl (C=O) groups is 1. The number of carbonyl (C=O) groups excluding carboxylic acids is 1. The molecular weight excluding hydrogens is 296 g/mol. The molecule has 0 aliphatic heterocycles. The van der Waals surface area contributed by atoms with Crippen molar-refractivity contribution in [2.45, 2.75) is 13.0 Å². The first-order chi connectivity index (χ1) is 9.60. The van der Waals surface area contributed by atoms with Gasteiger partial charge in [0.25, 0.3) is 0 Å². The first-order valence-corrected chi connectivity index (χ1v) is 6.69. The standard InChI is InChI=1S/C13H13ClN4OS/c1-2-7-18-11(16-17-13(18)20)8-12(19)15-10-5-3-9(14)4-6-10/h2-6H,1,7-8H2,(H,15,19)(H,17,20). The van der Waals surface area contributed by atoms with Gasteiger partial charge in [-0.25, -0.2) is 0 Å². The Balaban J connectivity index is 2.06. The number of nitrogens with one attached hydrogen (secondary N) is 2. The van der Waals surface area contributed by atoms with Gasteiger partial charge >= 0.3 is 0 Å². The van der Waals surface area contributed by atoms with Gasteiger partial charge in [-0.15, -0.1) is 6.58 Å². The molecule has 0 saturated heterocycles. The Labute approximate surface area is 126 Å². The Morgan fingerprint density at radius 2 is 2.20 bits per heavy atom. The van der Waals surface area contributed by atoms with Crippen LogP contribution in [-0.2, 0) is 17.8 Å². The molecule has 0 atom stereocenters. The molecule has 0 saturated carbocycles. The van der Waals surface area contributed by atoms with Gasteiger partial charge in [-0.3, -0.25) is 14.5 Å². The predicted octanol–water partition coefficient (Wildman–Crippen LogP) is 2.96. The van der Waals surface area contributed by atoms with Crippen LogP contribution in [0.5, 0.6) is 0 Å². The number of rotatable bonds is 5. The van der Waals surface area contributed by atoms with Crippen molar-refractivity contribution >= 4 is 35.4 Å². The van der Waals surface area contributed by atoms with Crippen LogP contribution in [0.3, 0.4) is 0 Å². The maximum Gasteiger partial charge on any atom is 0.232 e. The first-order valence-electron chi connectivity index (χ1n) is 5.90. The summed E-state index contributed by atoms with van der Waals surface area (Å²) in [4.78, 5) is 12.0. The summed E-state index contributed by atoms with van der Waals surface area (Å²) >= 11 is 10.9. The lowest BCUT2D eigenvalue weighted by Gasteiger charge is -2.06. The van der Waals surface area contributed by atoms with E-state index in [-0.39, 0.29) is 12.3 Å². The Bertz CT molecular complexity index is 674. The zero-order valence-corrected chi connectivity index (χ0v) is 12.2. The van der Waals surface area contributed by atoms with Crippen molar-refractivity contribution in [3.05, 3.63) is 52.5 Å². The van der Waals surface area contributed by atoms with Crippen molar-refractivity contribution in [1.82, 2.24) is 14.8 Å². The van der Waals surface area contributed by atoms with Crippen LogP contribution < -0.4 is 5.32 Å². The van der Waals surface area contributed by atoms with Crippen molar-refractivity contribution in [2.75, 3.05) is 5.32 Å². The number of allylic oxidation sites excluding steroid dienone is 1. The number of aromatic nitrogens is 3. The van der Waals surface area contributed by atoms with Gasteiger partial charge in [0.1, 0.15) is 5.82 Å². The molecule has 0 aliphatic rings. The van der Waals surface area contributed by atoms with Gasteiger partial charge in [-0.1, -0.05) is 17.7 Å².